The van der Waals surface area contributed by atoms with Crippen molar-refractivity contribution in [1.29, 1.82) is 0 Å². The minimum absolute atomic E-state index is 0.164. The van der Waals surface area contributed by atoms with Gasteiger partial charge < -0.3 is 4.55 Å². The van der Waals surface area contributed by atoms with Gasteiger partial charge in [-0.1, -0.05) is 26.2 Å². The van der Waals surface area contributed by atoms with Crippen molar-refractivity contribution in [2.75, 3.05) is 12.0 Å². The van der Waals surface area contributed by atoms with E-state index in [0.29, 0.717) is 10.9 Å². The summed E-state index contributed by atoms with van der Waals surface area (Å²) in [5, 5.41) is 32.7. The number of nitrogens with zero attached hydrogens (tertiary/aromatic N) is 3. The summed E-state index contributed by atoms with van der Waals surface area (Å²) in [6, 6.07) is 0.329. The number of hydrogen-bond acceptors (Lipinski definition) is 9. The first-order valence-electron chi connectivity index (χ1n) is 10.5. The SMILES string of the molecule is CCC1CCCCCCC1[S+](C)CC.O=[N+]([O-])c1cc([N+](=O)[O-])c(S(=O)(=O)[O-])c([N+](=O)[O-])c1. The number of hydrogen-bond donors (Lipinski definition) is 0. The fourth-order valence-corrected chi connectivity index (χ4v) is 6.72. The second-order valence-electron chi connectivity index (χ2n) is 7.72. The second-order valence-corrected chi connectivity index (χ2v) is 11.6. The molecule has 1 aliphatic rings. The van der Waals surface area contributed by atoms with Gasteiger partial charge in [-0.2, -0.15) is 0 Å². The van der Waals surface area contributed by atoms with Gasteiger partial charge in [0.1, 0.15) is 21.1 Å². The summed E-state index contributed by atoms with van der Waals surface area (Å²) in [6.45, 7) is 4.76. The fourth-order valence-electron chi connectivity index (χ4n) is 3.95. The largest absolute Gasteiger partial charge is 0.744 e. The minimum atomic E-state index is -5.55. The van der Waals surface area contributed by atoms with Crippen molar-refractivity contribution in [2.45, 2.75) is 68.9 Å². The highest BCUT2D eigenvalue weighted by atomic mass is 32.2. The summed E-state index contributed by atoms with van der Waals surface area (Å²) < 4.78 is 32.5. The van der Waals surface area contributed by atoms with E-state index in [1.54, 1.807) is 0 Å². The van der Waals surface area contributed by atoms with Crippen molar-refractivity contribution < 1.29 is 27.7 Å². The van der Waals surface area contributed by atoms with Crippen LogP contribution in [0.1, 0.15) is 58.8 Å². The molecule has 14 heteroatoms. The minimum Gasteiger partial charge on any atom is -0.744 e. The summed E-state index contributed by atoms with van der Waals surface area (Å²) in [5.74, 6) is 2.45. The molecule has 0 saturated heterocycles. The first-order valence-corrected chi connectivity index (χ1v) is 13.8. The third-order valence-electron chi connectivity index (χ3n) is 5.72. The Morgan fingerprint density at radius 3 is 1.76 bits per heavy atom. The third-order valence-corrected chi connectivity index (χ3v) is 9.21. The van der Waals surface area contributed by atoms with Crippen LogP contribution in [0.5, 0.6) is 0 Å². The van der Waals surface area contributed by atoms with Gasteiger partial charge in [-0.05, 0) is 43.5 Å². The normalized spacial score (nSPS) is 19.9. The van der Waals surface area contributed by atoms with E-state index in [0.717, 1.165) is 11.2 Å². The highest BCUT2D eigenvalue weighted by Gasteiger charge is 2.34. The lowest BCUT2D eigenvalue weighted by Gasteiger charge is -2.26. The van der Waals surface area contributed by atoms with Gasteiger partial charge in [-0.15, -0.1) is 0 Å². The summed E-state index contributed by atoms with van der Waals surface area (Å²) >= 11 is 0. The molecule has 1 fully saturated rings. The molecule has 12 nitrogen and oxygen atoms in total. The predicted octanol–water partition coefficient (Wildman–Crippen LogP) is 4.32. The molecule has 1 aromatic rings. The average Bonchev–Trinajstić information content (AvgIpc) is 2.72. The summed E-state index contributed by atoms with van der Waals surface area (Å²) in [5.41, 5.74) is -4.11. The molecule has 33 heavy (non-hydrogen) atoms. The van der Waals surface area contributed by atoms with Crippen LogP contribution in [-0.2, 0) is 21.0 Å². The lowest BCUT2D eigenvalue weighted by Crippen LogP contribution is -2.31. The van der Waals surface area contributed by atoms with E-state index in [2.05, 4.69) is 20.1 Å². The number of benzene rings is 1. The molecule has 1 aliphatic carbocycles. The number of nitro groups is 3. The molecule has 3 unspecified atom stereocenters. The van der Waals surface area contributed by atoms with Gasteiger partial charge in [0.15, 0.2) is 0 Å². The molecular formula is C19H29N3O9S2. The lowest BCUT2D eigenvalue weighted by atomic mass is 9.89. The quantitative estimate of drug-likeness (QED) is 0.224. The average molecular weight is 508 g/mol. The highest BCUT2D eigenvalue weighted by molar-refractivity contribution is 7.96. The third kappa shape index (κ3) is 8.19. The van der Waals surface area contributed by atoms with E-state index in [1.807, 2.05) is 0 Å². The topological polar surface area (TPSA) is 187 Å². The predicted molar refractivity (Wildman–Crippen MR) is 123 cm³/mol. The van der Waals surface area contributed by atoms with E-state index >= 15 is 0 Å². The van der Waals surface area contributed by atoms with Crippen LogP contribution in [0, 0.1) is 36.3 Å². The van der Waals surface area contributed by atoms with Crippen LogP contribution in [0.3, 0.4) is 0 Å². The van der Waals surface area contributed by atoms with Gasteiger partial charge in [0.25, 0.3) is 5.69 Å². The molecule has 3 atom stereocenters. The molecule has 2 rings (SSSR count). The molecule has 0 heterocycles. The zero-order valence-electron chi connectivity index (χ0n) is 18.8. The van der Waals surface area contributed by atoms with Gasteiger partial charge in [-0.3, -0.25) is 30.3 Å². The van der Waals surface area contributed by atoms with Gasteiger partial charge in [0, 0.05) is 5.92 Å². The van der Waals surface area contributed by atoms with Crippen LogP contribution in [0.15, 0.2) is 17.0 Å². The Bertz CT molecular complexity index is 934. The van der Waals surface area contributed by atoms with Crippen LogP contribution in [0.2, 0.25) is 0 Å². The fraction of sp³-hybridized carbons (Fsp3) is 0.684. The van der Waals surface area contributed by atoms with E-state index < -0.39 is 46.8 Å². The molecule has 1 saturated carbocycles. The second kappa shape index (κ2) is 12.8. The summed E-state index contributed by atoms with van der Waals surface area (Å²) in [7, 11) is -4.86. The summed E-state index contributed by atoms with van der Waals surface area (Å²) in [6.07, 6.45) is 12.9. The maximum atomic E-state index is 10.8. The molecule has 0 aliphatic heterocycles. The maximum Gasteiger partial charge on any atom is 0.300 e. The van der Waals surface area contributed by atoms with E-state index in [-0.39, 0.29) is 12.1 Å². The van der Waals surface area contributed by atoms with E-state index in [1.165, 1.54) is 50.7 Å². The smallest absolute Gasteiger partial charge is 0.300 e. The first-order chi connectivity index (χ1) is 15.3. The van der Waals surface area contributed by atoms with Gasteiger partial charge in [-0.25, -0.2) is 8.42 Å². The molecule has 1 aromatic carbocycles. The van der Waals surface area contributed by atoms with E-state index in [9.17, 15) is 43.3 Å². The van der Waals surface area contributed by atoms with Crippen molar-refractivity contribution in [3.63, 3.8) is 0 Å². The molecule has 0 bridgehead atoms. The Morgan fingerprint density at radius 2 is 1.39 bits per heavy atom. The van der Waals surface area contributed by atoms with Crippen molar-refractivity contribution in [1.82, 2.24) is 0 Å². The zero-order valence-corrected chi connectivity index (χ0v) is 20.4. The van der Waals surface area contributed by atoms with Crippen LogP contribution < -0.4 is 0 Å². The van der Waals surface area contributed by atoms with Crippen molar-refractivity contribution >= 4 is 38.1 Å². The van der Waals surface area contributed by atoms with Crippen LogP contribution in [0.4, 0.5) is 17.1 Å². The monoisotopic (exact) mass is 507 g/mol. The Balaban J connectivity index is 0.000000346. The van der Waals surface area contributed by atoms with Crippen LogP contribution in [-0.4, -0.2) is 45.0 Å². The Labute approximate surface area is 195 Å². The van der Waals surface area contributed by atoms with E-state index in [4.69, 9.17) is 0 Å². The first kappa shape index (κ1) is 28.7. The van der Waals surface area contributed by atoms with Gasteiger partial charge in [0.05, 0.1) is 33.2 Å². The number of non-ortho nitro benzene ring substituents is 1. The highest BCUT2D eigenvalue weighted by Crippen LogP contribution is 2.36. The standard InChI is InChI=1S/C13H27S.C6H3N3O9S/c1-4-12-10-8-6-7-9-11-13(12)14(3)5-2;10-7(11)3-1-4(8(12)13)6(19(16,17)18)5(2-3)9(14)15/h12-13H,4-11H2,1-3H3;1-2H,(H,16,17,18)/q+1;/p-1. The van der Waals surface area contributed by atoms with Crippen LogP contribution >= 0.6 is 0 Å². The van der Waals surface area contributed by atoms with Crippen molar-refractivity contribution in [3.8, 4) is 0 Å². The number of nitro benzene ring substituents is 3. The molecule has 0 spiro atoms. The zero-order chi connectivity index (χ0) is 25.3. The van der Waals surface area contributed by atoms with Crippen LogP contribution in [0.25, 0.3) is 0 Å². The Hall–Kier alpha value is -2.32. The summed E-state index contributed by atoms with van der Waals surface area (Å²) in [4.78, 5) is 25.8. The maximum absolute atomic E-state index is 10.8. The molecule has 186 valence electrons. The Morgan fingerprint density at radius 1 is 0.909 bits per heavy atom. The molecule has 0 N–H and O–H groups in total. The lowest BCUT2D eigenvalue weighted by molar-refractivity contribution is -0.407. The van der Waals surface area contributed by atoms with Gasteiger partial charge >= 0.3 is 11.4 Å². The number of rotatable bonds is 7. The molecule has 0 radical (unpaired) electrons. The van der Waals surface area contributed by atoms with Crippen molar-refractivity contribution in [2.24, 2.45) is 5.92 Å². The molecule has 0 aromatic heterocycles. The van der Waals surface area contributed by atoms with Gasteiger partial charge in [0.2, 0.25) is 4.90 Å². The molecular weight excluding hydrogens is 478 g/mol. The molecule has 0 amide bonds. The Kier molecular flexibility index (Phi) is 11.1. The van der Waals surface area contributed by atoms with Crippen molar-refractivity contribution in [3.05, 3.63) is 42.5 Å².